The van der Waals surface area contributed by atoms with Crippen LogP contribution < -0.4 is 0 Å². The van der Waals surface area contributed by atoms with Gasteiger partial charge in [0.05, 0.1) is 0 Å². The molecule has 0 aliphatic rings. The van der Waals surface area contributed by atoms with E-state index >= 15 is 0 Å². The lowest BCUT2D eigenvalue weighted by Crippen LogP contribution is -2.22. The van der Waals surface area contributed by atoms with Crippen molar-refractivity contribution >= 4 is 11.9 Å². The van der Waals surface area contributed by atoms with Crippen LogP contribution in [0.25, 0.3) is 0 Å². The maximum atomic E-state index is 11.4. The number of hydrogen-bond donors (Lipinski definition) is 0. The average Bonchev–Trinajstić information content (AvgIpc) is 2.34. The first-order chi connectivity index (χ1) is 8.60. The lowest BCUT2D eigenvalue weighted by atomic mass is 10.2. The van der Waals surface area contributed by atoms with Gasteiger partial charge in [-0.25, -0.2) is 0 Å². The van der Waals surface area contributed by atoms with Crippen molar-refractivity contribution < 1.29 is 19.1 Å². The topological polar surface area (TPSA) is 52.6 Å². The van der Waals surface area contributed by atoms with E-state index < -0.39 is 0 Å². The van der Waals surface area contributed by atoms with Gasteiger partial charge in [0.15, 0.2) is 0 Å². The van der Waals surface area contributed by atoms with Gasteiger partial charge in [-0.15, -0.1) is 0 Å². The Bertz CT molecular complexity index is 238. The first-order valence-electron chi connectivity index (χ1n) is 6.95. The summed E-state index contributed by atoms with van der Waals surface area (Å²) in [5.74, 6) is -0.425. The highest BCUT2D eigenvalue weighted by atomic mass is 16.6. The Kier molecular flexibility index (Phi) is 10.4. The van der Waals surface area contributed by atoms with E-state index in [0.29, 0.717) is 12.8 Å². The van der Waals surface area contributed by atoms with Gasteiger partial charge in [0.25, 0.3) is 0 Å². The van der Waals surface area contributed by atoms with Gasteiger partial charge in [0, 0.05) is 12.8 Å². The highest BCUT2D eigenvalue weighted by Crippen LogP contribution is 2.04. The van der Waals surface area contributed by atoms with E-state index in [0.717, 1.165) is 32.1 Å². The third kappa shape index (κ3) is 10.1. The summed E-state index contributed by atoms with van der Waals surface area (Å²) in [4.78, 5) is 22.6. The van der Waals surface area contributed by atoms with Crippen molar-refractivity contribution in [2.75, 3.05) is 6.61 Å². The third-order valence-electron chi connectivity index (χ3n) is 2.53. The van der Waals surface area contributed by atoms with Crippen molar-refractivity contribution in [2.45, 2.75) is 71.8 Å². The minimum Gasteiger partial charge on any atom is -0.462 e. The van der Waals surface area contributed by atoms with Gasteiger partial charge in [-0.05, 0) is 19.8 Å². The Morgan fingerprint density at radius 1 is 0.944 bits per heavy atom. The zero-order chi connectivity index (χ0) is 13.8. The SMILES string of the molecule is CCCCCC(=O)O[C@@H](C)COC(=O)CCCC. The fourth-order valence-electron chi connectivity index (χ4n) is 1.44. The molecule has 0 aliphatic heterocycles. The summed E-state index contributed by atoms with van der Waals surface area (Å²) in [5, 5.41) is 0. The predicted octanol–water partition coefficient (Wildman–Crippen LogP) is 3.23. The van der Waals surface area contributed by atoms with E-state index in [-0.39, 0.29) is 24.6 Å². The third-order valence-corrected chi connectivity index (χ3v) is 2.53. The Labute approximate surface area is 110 Å². The molecule has 0 unspecified atom stereocenters. The van der Waals surface area contributed by atoms with Crippen LogP contribution in [0.15, 0.2) is 0 Å². The summed E-state index contributed by atoms with van der Waals surface area (Å²) in [6.45, 7) is 6.00. The van der Waals surface area contributed by atoms with Crippen LogP contribution in [0.1, 0.15) is 65.7 Å². The minimum atomic E-state index is -0.357. The zero-order valence-electron chi connectivity index (χ0n) is 11.9. The van der Waals surface area contributed by atoms with Crippen LogP contribution >= 0.6 is 0 Å². The molecule has 0 radical (unpaired) electrons. The number of carbonyl (C=O) groups excluding carboxylic acids is 2. The second kappa shape index (κ2) is 11.1. The highest BCUT2D eigenvalue weighted by Gasteiger charge is 2.11. The molecule has 0 spiro atoms. The average molecular weight is 258 g/mol. The molecule has 4 nitrogen and oxygen atoms in total. The van der Waals surface area contributed by atoms with Gasteiger partial charge in [0.2, 0.25) is 0 Å². The highest BCUT2D eigenvalue weighted by molar-refractivity contribution is 5.70. The van der Waals surface area contributed by atoms with E-state index in [1.165, 1.54) is 0 Å². The number of unbranched alkanes of at least 4 members (excludes halogenated alkanes) is 3. The summed E-state index contributed by atoms with van der Waals surface area (Å²) >= 11 is 0. The molecule has 0 saturated carbocycles. The molecule has 0 fully saturated rings. The molecule has 0 heterocycles. The summed E-state index contributed by atoms with van der Waals surface area (Å²) in [6, 6.07) is 0. The van der Waals surface area contributed by atoms with E-state index in [4.69, 9.17) is 9.47 Å². The molecule has 0 amide bonds. The van der Waals surface area contributed by atoms with Crippen molar-refractivity contribution in [1.29, 1.82) is 0 Å². The van der Waals surface area contributed by atoms with Crippen molar-refractivity contribution in [3.05, 3.63) is 0 Å². The summed E-state index contributed by atoms with van der Waals surface area (Å²) < 4.78 is 10.2. The summed E-state index contributed by atoms with van der Waals surface area (Å²) in [7, 11) is 0. The van der Waals surface area contributed by atoms with E-state index in [1.54, 1.807) is 6.92 Å². The molecule has 1 atom stereocenters. The molecular formula is C14H26O4. The van der Waals surface area contributed by atoms with Gasteiger partial charge in [0.1, 0.15) is 12.7 Å². The molecule has 106 valence electrons. The van der Waals surface area contributed by atoms with Crippen molar-refractivity contribution in [2.24, 2.45) is 0 Å². The monoisotopic (exact) mass is 258 g/mol. The van der Waals surface area contributed by atoms with Gasteiger partial charge in [-0.2, -0.15) is 0 Å². The van der Waals surface area contributed by atoms with Crippen LogP contribution in [0, 0.1) is 0 Å². The first-order valence-corrected chi connectivity index (χ1v) is 6.95. The normalized spacial score (nSPS) is 11.9. The molecular weight excluding hydrogens is 232 g/mol. The Morgan fingerprint density at radius 2 is 1.56 bits per heavy atom. The zero-order valence-corrected chi connectivity index (χ0v) is 11.9. The molecule has 0 N–H and O–H groups in total. The Morgan fingerprint density at radius 3 is 2.17 bits per heavy atom. The quantitative estimate of drug-likeness (QED) is 0.446. The number of hydrogen-bond acceptors (Lipinski definition) is 4. The standard InChI is InChI=1S/C14H26O4/c1-4-6-8-10-14(16)18-12(3)11-17-13(15)9-7-5-2/h12H,4-11H2,1-3H3/t12-/m0/s1. The minimum absolute atomic E-state index is 0.155. The summed E-state index contributed by atoms with van der Waals surface area (Å²) in [5.41, 5.74) is 0. The van der Waals surface area contributed by atoms with Crippen molar-refractivity contribution in [1.82, 2.24) is 0 Å². The number of ether oxygens (including phenoxy) is 2. The van der Waals surface area contributed by atoms with Crippen LogP contribution in [0.4, 0.5) is 0 Å². The van der Waals surface area contributed by atoms with Crippen molar-refractivity contribution in [3.8, 4) is 0 Å². The van der Waals surface area contributed by atoms with Gasteiger partial charge >= 0.3 is 11.9 Å². The van der Waals surface area contributed by atoms with Gasteiger partial charge in [-0.1, -0.05) is 33.1 Å². The predicted molar refractivity (Wildman–Crippen MR) is 70.2 cm³/mol. The summed E-state index contributed by atoms with van der Waals surface area (Å²) in [6.07, 6.45) is 5.31. The van der Waals surface area contributed by atoms with Crippen LogP contribution in [0.2, 0.25) is 0 Å². The molecule has 4 heteroatoms. The maximum absolute atomic E-state index is 11.4. The van der Waals surface area contributed by atoms with Crippen LogP contribution in [-0.2, 0) is 19.1 Å². The molecule has 0 saturated heterocycles. The van der Waals surface area contributed by atoms with E-state index in [1.807, 2.05) is 6.92 Å². The maximum Gasteiger partial charge on any atom is 0.306 e. The lowest BCUT2D eigenvalue weighted by Gasteiger charge is -2.13. The lowest BCUT2D eigenvalue weighted by molar-refractivity contribution is -0.158. The largest absolute Gasteiger partial charge is 0.462 e. The Balaban J connectivity index is 3.60. The molecule has 0 bridgehead atoms. The molecule has 0 aliphatic carbocycles. The fraction of sp³-hybridized carbons (Fsp3) is 0.857. The van der Waals surface area contributed by atoms with E-state index in [2.05, 4.69) is 6.92 Å². The molecule has 0 aromatic heterocycles. The second-order valence-corrected chi connectivity index (χ2v) is 4.54. The number of rotatable bonds is 10. The number of carbonyl (C=O) groups is 2. The molecule has 0 rings (SSSR count). The van der Waals surface area contributed by atoms with Gasteiger partial charge < -0.3 is 9.47 Å². The van der Waals surface area contributed by atoms with Crippen molar-refractivity contribution in [3.63, 3.8) is 0 Å². The van der Waals surface area contributed by atoms with E-state index in [9.17, 15) is 9.59 Å². The molecule has 0 aromatic carbocycles. The molecule has 0 aromatic rings. The number of esters is 2. The van der Waals surface area contributed by atoms with Crippen LogP contribution in [-0.4, -0.2) is 24.6 Å². The fourth-order valence-corrected chi connectivity index (χ4v) is 1.44. The smallest absolute Gasteiger partial charge is 0.306 e. The Hall–Kier alpha value is -1.06. The van der Waals surface area contributed by atoms with Gasteiger partial charge in [-0.3, -0.25) is 9.59 Å². The first kappa shape index (κ1) is 16.9. The molecule has 18 heavy (non-hydrogen) atoms. The van der Waals surface area contributed by atoms with Crippen LogP contribution in [0.3, 0.4) is 0 Å². The van der Waals surface area contributed by atoms with Crippen LogP contribution in [0.5, 0.6) is 0 Å². The second-order valence-electron chi connectivity index (χ2n) is 4.54.